The maximum absolute atomic E-state index is 13.4. The molecule has 3 amide bonds. The molecule has 3 aromatic rings. The summed E-state index contributed by atoms with van der Waals surface area (Å²) in [5, 5.41) is 14.6. The van der Waals surface area contributed by atoms with Gasteiger partial charge in [-0.2, -0.15) is 9.40 Å². The second-order valence-electron chi connectivity index (χ2n) is 10.6. The van der Waals surface area contributed by atoms with E-state index in [2.05, 4.69) is 26.1 Å². The SMILES string of the molecule is COc1ccccc1NC(=O)Nc1cn[nH]c1C(=O)CC1CCN(S(=O)(=O)c2cccc(NC(=O)/C=C/CN(C)C)c2)CC1. The molecule has 234 valence electrons. The third-order valence-corrected chi connectivity index (χ3v) is 8.94. The van der Waals surface area contributed by atoms with Crippen molar-refractivity contribution in [1.82, 2.24) is 19.4 Å². The molecule has 0 spiro atoms. The number of H-pyrrole nitrogens is 1. The van der Waals surface area contributed by atoms with Crippen molar-refractivity contribution in [2.24, 2.45) is 5.92 Å². The van der Waals surface area contributed by atoms with Gasteiger partial charge in [0.25, 0.3) is 0 Å². The molecule has 1 fully saturated rings. The highest BCUT2D eigenvalue weighted by Gasteiger charge is 2.31. The van der Waals surface area contributed by atoms with Gasteiger partial charge in [-0.15, -0.1) is 0 Å². The molecule has 14 heteroatoms. The average Bonchev–Trinajstić information content (AvgIpc) is 3.45. The van der Waals surface area contributed by atoms with Crippen molar-refractivity contribution < 1.29 is 27.5 Å². The minimum Gasteiger partial charge on any atom is -0.495 e. The average molecular weight is 624 g/mol. The van der Waals surface area contributed by atoms with E-state index in [9.17, 15) is 22.8 Å². The lowest BCUT2D eigenvalue weighted by atomic mass is 9.92. The van der Waals surface area contributed by atoms with Crippen molar-refractivity contribution >= 4 is 44.8 Å². The molecule has 2 aromatic carbocycles. The van der Waals surface area contributed by atoms with Crippen LogP contribution in [0.3, 0.4) is 0 Å². The molecular formula is C30H37N7O6S. The molecule has 2 heterocycles. The molecular weight excluding hydrogens is 586 g/mol. The number of methoxy groups -OCH3 is 1. The first-order chi connectivity index (χ1) is 21.1. The zero-order chi connectivity index (χ0) is 31.7. The number of anilines is 3. The van der Waals surface area contributed by atoms with E-state index in [1.165, 1.54) is 35.8 Å². The van der Waals surface area contributed by atoms with E-state index >= 15 is 0 Å². The zero-order valence-corrected chi connectivity index (χ0v) is 25.7. The summed E-state index contributed by atoms with van der Waals surface area (Å²) in [5.41, 5.74) is 1.26. The van der Waals surface area contributed by atoms with Crippen molar-refractivity contribution in [2.75, 3.05) is 56.8 Å². The maximum Gasteiger partial charge on any atom is 0.323 e. The normalized spacial score (nSPS) is 14.5. The summed E-state index contributed by atoms with van der Waals surface area (Å²) in [5.74, 6) is -0.145. The molecule has 0 bridgehead atoms. The van der Waals surface area contributed by atoms with Crippen LogP contribution >= 0.6 is 0 Å². The molecule has 1 aliphatic rings. The van der Waals surface area contributed by atoms with Gasteiger partial charge < -0.3 is 25.6 Å². The van der Waals surface area contributed by atoms with Crippen molar-refractivity contribution in [3.63, 3.8) is 0 Å². The number of carbonyl (C=O) groups excluding carboxylic acids is 3. The Bertz CT molecular complexity index is 1610. The molecule has 44 heavy (non-hydrogen) atoms. The fraction of sp³-hybridized carbons (Fsp3) is 0.333. The second-order valence-corrected chi connectivity index (χ2v) is 12.5. The first kappa shape index (κ1) is 32.4. The Kier molecular flexibility index (Phi) is 10.9. The number of carbonyl (C=O) groups is 3. The van der Waals surface area contributed by atoms with Crippen LogP contribution in [0.25, 0.3) is 0 Å². The van der Waals surface area contributed by atoms with Crippen molar-refractivity contribution in [1.29, 1.82) is 0 Å². The summed E-state index contributed by atoms with van der Waals surface area (Å²) in [6.45, 7) is 1.10. The van der Waals surface area contributed by atoms with Crippen LogP contribution in [0.2, 0.25) is 0 Å². The predicted octanol–water partition coefficient (Wildman–Crippen LogP) is 3.79. The van der Waals surface area contributed by atoms with Gasteiger partial charge in [-0.3, -0.25) is 14.7 Å². The lowest BCUT2D eigenvalue weighted by Crippen LogP contribution is -2.38. The number of likely N-dealkylation sites (N-methyl/N-ethyl adjacent to an activating group) is 1. The standard InChI is InChI=1S/C30H37N7O6S/c1-36(2)15-7-12-28(39)32-22-8-6-9-23(19-22)44(41,42)37-16-13-21(14-17-37)18-26(38)29-25(20-31-35-29)34-30(40)33-24-10-4-5-11-27(24)43-3/h4-12,19-21H,13-18H2,1-3H3,(H,31,35)(H,32,39)(H2,33,34,40)/b12-7+. The molecule has 0 atom stereocenters. The zero-order valence-electron chi connectivity index (χ0n) is 24.9. The number of piperidine rings is 1. The number of nitrogens with zero attached hydrogens (tertiary/aromatic N) is 3. The van der Waals surface area contributed by atoms with Crippen LogP contribution in [0.1, 0.15) is 29.8 Å². The highest BCUT2D eigenvalue weighted by molar-refractivity contribution is 7.89. The number of para-hydroxylation sites is 2. The van der Waals surface area contributed by atoms with Crippen LogP contribution in [0, 0.1) is 5.92 Å². The Balaban J connectivity index is 1.31. The first-order valence-electron chi connectivity index (χ1n) is 14.1. The van der Waals surface area contributed by atoms with Crippen molar-refractivity contribution in [3.05, 3.63) is 72.6 Å². The number of sulfonamides is 1. The largest absolute Gasteiger partial charge is 0.495 e. The second kappa shape index (κ2) is 14.8. The lowest BCUT2D eigenvalue weighted by molar-refractivity contribution is -0.111. The highest BCUT2D eigenvalue weighted by atomic mass is 32.2. The molecule has 0 saturated carbocycles. The molecule has 13 nitrogen and oxygen atoms in total. The van der Waals surface area contributed by atoms with Gasteiger partial charge in [0.15, 0.2) is 5.78 Å². The third kappa shape index (κ3) is 8.52. The summed E-state index contributed by atoms with van der Waals surface area (Å²) in [7, 11) is 1.47. The Hall–Kier alpha value is -4.53. The summed E-state index contributed by atoms with van der Waals surface area (Å²) < 4.78 is 33.4. The van der Waals surface area contributed by atoms with Gasteiger partial charge in [0, 0.05) is 37.8 Å². The minimum absolute atomic E-state index is 0.0490. The van der Waals surface area contributed by atoms with Gasteiger partial charge in [-0.25, -0.2) is 13.2 Å². The van der Waals surface area contributed by atoms with Crippen molar-refractivity contribution in [3.8, 4) is 5.75 Å². The lowest BCUT2D eigenvalue weighted by Gasteiger charge is -2.31. The molecule has 1 aliphatic heterocycles. The molecule has 1 aromatic heterocycles. The van der Waals surface area contributed by atoms with Gasteiger partial charge >= 0.3 is 6.03 Å². The summed E-state index contributed by atoms with van der Waals surface area (Å²) in [6.07, 6.45) is 5.64. The maximum atomic E-state index is 13.4. The number of ketones is 1. The van der Waals surface area contributed by atoms with Gasteiger partial charge in [0.2, 0.25) is 15.9 Å². The van der Waals surface area contributed by atoms with Crippen LogP contribution in [0.4, 0.5) is 21.9 Å². The monoisotopic (exact) mass is 623 g/mol. The molecule has 0 radical (unpaired) electrons. The summed E-state index contributed by atoms with van der Waals surface area (Å²) in [6, 6.07) is 12.5. The van der Waals surface area contributed by atoms with Gasteiger partial charge in [-0.05, 0) is 63.2 Å². The van der Waals surface area contributed by atoms with Crippen LogP contribution in [0.5, 0.6) is 5.75 Å². The number of rotatable bonds is 12. The smallest absolute Gasteiger partial charge is 0.323 e. The Morgan fingerprint density at radius 2 is 1.77 bits per heavy atom. The van der Waals surface area contributed by atoms with Crippen LogP contribution in [-0.2, 0) is 14.8 Å². The number of hydrogen-bond acceptors (Lipinski definition) is 8. The predicted molar refractivity (Wildman–Crippen MR) is 167 cm³/mol. The first-order valence-corrected chi connectivity index (χ1v) is 15.5. The molecule has 1 saturated heterocycles. The van der Waals surface area contributed by atoms with E-state index in [-0.39, 0.29) is 53.4 Å². The Morgan fingerprint density at radius 3 is 2.50 bits per heavy atom. The number of ether oxygens (including phenoxy) is 1. The van der Waals surface area contributed by atoms with E-state index in [1.807, 2.05) is 19.0 Å². The minimum atomic E-state index is -3.80. The fourth-order valence-electron chi connectivity index (χ4n) is 4.77. The number of benzene rings is 2. The number of urea groups is 1. The summed E-state index contributed by atoms with van der Waals surface area (Å²) in [4.78, 5) is 39.9. The van der Waals surface area contributed by atoms with E-state index < -0.39 is 16.1 Å². The van der Waals surface area contributed by atoms with Crippen LogP contribution < -0.4 is 20.7 Å². The number of nitrogens with one attached hydrogen (secondary N) is 4. The number of amides is 3. The Morgan fingerprint density at radius 1 is 1.05 bits per heavy atom. The van der Waals surface area contributed by atoms with E-state index in [0.717, 1.165) is 0 Å². The number of hydrogen-bond donors (Lipinski definition) is 4. The topological polar surface area (TPSA) is 166 Å². The van der Waals surface area contributed by atoms with E-state index in [0.29, 0.717) is 36.5 Å². The van der Waals surface area contributed by atoms with E-state index in [1.54, 1.807) is 42.5 Å². The molecule has 0 unspecified atom stereocenters. The number of aromatic amines is 1. The van der Waals surface area contributed by atoms with Gasteiger partial charge in [-0.1, -0.05) is 24.3 Å². The highest BCUT2D eigenvalue weighted by Crippen LogP contribution is 2.29. The van der Waals surface area contributed by atoms with Gasteiger partial charge in [0.1, 0.15) is 11.4 Å². The van der Waals surface area contributed by atoms with Gasteiger partial charge in [0.05, 0.1) is 29.6 Å². The summed E-state index contributed by atoms with van der Waals surface area (Å²) >= 11 is 0. The fourth-order valence-corrected chi connectivity index (χ4v) is 6.29. The van der Waals surface area contributed by atoms with Crippen molar-refractivity contribution in [2.45, 2.75) is 24.2 Å². The Labute approximate surface area is 256 Å². The molecule has 4 N–H and O–H groups in total. The number of aromatic nitrogens is 2. The van der Waals surface area contributed by atoms with E-state index in [4.69, 9.17) is 4.74 Å². The van der Waals surface area contributed by atoms with Crippen LogP contribution in [0.15, 0.2) is 71.8 Å². The molecule has 4 rings (SSSR count). The quantitative estimate of drug-likeness (QED) is 0.175. The van der Waals surface area contributed by atoms with Crippen LogP contribution in [-0.4, -0.2) is 86.4 Å². The third-order valence-electron chi connectivity index (χ3n) is 7.05. The number of Topliss-reactive ketones (excluding diaryl/α,β-unsaturated/α-hetero) is 1. The molecule has 0 aliphatic carbocycles.